The molecule has 1 unspecified atom stereocenters. The highest BCUT2D eigenvalue weighted by Crippen LogP contribution is 2.38. The Morgan fingerprint density at radius 2 is 1.94 bits per heavy atom. The van der Waals surface area contributed by atoms with Gasteiger partial charge in [0.15, 0.2) is 5.84 Å². The minimum absolute atomic E-state index is 0. The Kier molecular flexibility index (Phi) is 9.41. The molecule has 1 saturated heterocycles. The molecule has 2 aromatic carbocycles. The zero-order chi connectivity index (χ0) is 22.8. The molecule has 0 aliphatic carbocycles. The van der Waals surface area contributed by atoms with Crippen LogP contribution in [0.15, 0.2) is 53.5 Å². The van der Waals surface area contributed by atoms with E-state index in [2.05, 4.69) is 65.5 Å². The summed E-state index contributed by atoms with van der Waals surface area (Å²) >= 11 is 1.74. The number of aryl methyl sites for hydroxylation is 2. The zero-order valence-electron chi connectivity index (χ0n) is 20.4. The van der Waals surface area contributed by atoms with E-state index in [1.165, 1.54) is 5.56 Å². The molecule has 3 aromatic rings. The number of aromatic nitrogens is 1. The molecule has 35 heavy (non-hydrogen) atoms. The number of benzene rings is 2. The van der Waals surface area contributed by atoms with Crippen molar-refractivity contribution in [2.75, 3.05) is 39.1 Å². The number of hydrogen-bond acceptors (Lipinski definition) is 7. The number of nitrogens with zero attached hydrogens (tertiary/aromatic N) is 4. The van der Waals surface area contributed by atoms with E-state index < -0.39 is 0 Å². The molecule has 1 fully saturated rings. The maximum Gasteiger partial charge on any atom is 0.158 e. The van der Waals surface area contributed by atoms with Crippen molar-refractivity contribution in [2.24, 2.45) is 4.99 Å². The lowest BCUT2D eigenvalue weighted by molar-refractivity contribution is 0.134. The number of para-hydroxylation sites is 2. The minimum Gasteiger partial charge on any atom is -0.497 e. The van der Waals surface area contributed by atoms with Crippen LogP contribution in [0.1, 0.15) is 29.6 Å². The van der Waals surface area contributed by atoms with E-state index in [1.54, 1.807) is 18.4 Å². The van der Waals surface area contributed by atoms with Gasteiger partial charge in [0, 0.05) is 25.7 Å². The van der Waals surface area contributed by atoms with Gasteiger partial charge in [-0.3, -0.25) is 4.90 Å². The summed E-state index contributed by atoms with van der Waals surface area (Å²) < 4.78 is 5.40. The lowest BCUT2D eigenvalue weighted by Gasteiger charge is -2.40. The summed E-state index contributed by atoms with van der Waals surface area (Å²) in [6, 6.07) is 17.1. The summed E-state index contributed by atoms with van der Waals surface area (Å²) in [4.78, 5) is 15.1. The number of ether oxygens (including phenoxy) is 1. The lowest BCUT2D eigenvalue weighted by Crippen LogP contribution is -2.53. The first kappa shape index (κ1) is 27.3. The number of nitrogens with one attached hydrogen (secondary N) is 1. The Morgan fingerprint density at radius 3 is 2.74 bits per heavy atom. The molecular weight excluding hydrogens is 501 g/mol. The monoisotopic (exact) mass is 533 g/mol. The van der Waals surface area contributed by atoms with Gasteiger partial charge in [-0.15, -0.1) is 36.2 Å². The van der Waals surface area contributed by atoms with Crippen molar-refractivity contribution in [3.63, 3.8) is 0 Å². The molecule has 1 aromatic heterocycles. The van der Waals surface area contributed by atoms with Gasteiger partial charge in [0.05, 0.1) is 23.5 Å². The molecule has 0 spiro atoms. The summed E-state index contributed by atoms with van der Waals surface area (Å²) in [5, 5.41) is 5.84. The molecule has 1 atom stereocenters. The maximum atomic E-state index is 5.40. The number of aliphatic imine (C=N–C) groups is 1. The Balaban J connectivity index is 0.00000171. The molecule has 6 nitrogen and oxygen atoms in total. The Morgan fingerprint density at radius 1 is 1.11 bits per heavy atom. The van der Waals surface area contributed by atoms with Crippen molar-refractivity contribution in [1.29, 1.82) is 0 Å². The van der Waals surface area contributed by atoms with Crippen LogP contribution in [0.4, 0.5) is 16.4 Å². The van der Waals surface area contributed by atoms with E-state index in [0.717, 1.165) is 77.6 Å². The average molecular weight is 535 g/mol. The molecule has 0 amide bonds. The van der Waals surface area contributed by atoms with Gasteiger partial charge in [0.2, 0.25) is 0 Å². The summed E-state index contributed by atoms with van der Waals surface area (Å²) in [6.45, 7) is 5.07. The first-order valence-electron chi connectivity index (χ1n) is 11.7. The SMILES string of the molecule is CCc1nc2c(s1)Nc1ccccc1N=C2N1CCN(C)C(CCc2cccc(OC)c2)C1.Cl.Cl. The van der Waals surface area contributed by atoms with Gasteiger partial charge in [0.1, 0.15) is 16.4 Å². The van der Waals surface area contributed by atoms with Gasteiger partial charge in [-0.05, 0) is 56.1 Å². The van der Waals surface area contributed by atoms with Crippen LogP contribution in [0.3, 0.4) is 0 Å². The summed E-state index contributed by atoms with van der Waals surface area (Å²) in [5.41, 5.74) is 4.33. The van der Waals surface area contributed by atoms with Gasteiger partial charge < -0.3 is 15.0 Å². The highest BCUT2D eigenvalue weighted by Gasteiger charge is 2.31. The van der Waals surface area contributed by atoms with E-state index >= 15 is 0 Å². The van der Waals surface area contributed by atoms with Gasteiger partial charge in [-0.25, -0.2) is 9.98 Å². The molecule has 0 radical (unpaired) electrons. The molecule has 2 aliphatic heterocycles. The second-order valence-corrected chi connectivity index (χ2v) is 9.77. The number of anilines is 2. The number of rotatable bonds is 5. The predicted molar refractivity (Wildman–Crippen MR) is 151 cm³/mol. The number of fused-ring (bicyclic) bond motifs is 2. The largest absolute Gasteiger partial charge is 0.497 e. The second-order valence-electron chi connectivity index (χ2n) is 8.69. The Hall–Kier alpha value is -2.32. The summed E-state index contributed by atoms with van der Waals surface area (Å²) in [7, 11) is 3.96. The molecule has 1 N–H and O–H groups in total. The highest BCUT2D eigenvalue weighted by atomic mass is 35.5. The summed E-state index contributed by atoms with van der Waals surface area (Å²) in [5.74, 6) is 1.92. The van der Waals surface area contributed by atoms with E-state index in [0.29, 0.717) is 6.04 Å². The van der Waals surface area contributed by atoms with Crippen molar-refractivity contribution >= 4 is 58.4 Å². The molecule has 0 bridgehead atoms. The van der Waals surface area contributed by atoms with Crippen molar-refractivity contribution in [3.05, 3.63) is 64.8 Å². The van der Waals surface area contributed by atoms with Crippen molar-refractivity contribution < 1.29 is 4.74 Å². The topological polar surface area (TPSA) is 53.0 Å². The van der Waals surface area contributed by atoms with Crippen LogP contribution in [-0.4, -0.2) is 60.5 Å². The molecule has 188 valence electrons. The smallest absolute Gasteiger partial charge is 0.158 e. The molecular formula is C26H33Cl2N5OS. The van der Waals surface area contributed by atoms with Gasteiger partial charge in [-0.2, -0.15) is 0 Å². The van der Waals surface area contributed by atoms with E-state index in [9.17, 15) is 0 Å². The second kappa shape index (κ2) is 12.1. The Labute approximate surface area is 224 Å². The fourth-order valence-electron chi connectivity index (χ4n) is 4.55. The molecule has 9 heteroatoms. The van der Waals surface area contributed by atoms with Crippen LogP contribution in [0.25, 0.3) is 0 Å². The van der Waals surface area contributed by atoms with E-state index in [1.807, 2.05) is 12.1 Å². The minimum atomic E-state index is 0. The van der Waals surface area contributed by atoms with Crippen LogP contribution in [0.5, 0.6) is 5.75 Å². The number of amidine groups is 1. The van der Waals surface area contributed by atoms with Crippen molar-refractivity contribution in [2.45, 2.75) is 32.2 Å². The Bertz CT molecular complexity index is 1170. The number of halogens is 2. The third-order valence-electron chi connectivity index (χ3n) is 6.54. The summed E-state index contributed by atoms with van der Waals surface area (Å²) in [6.07, 6.45) is 3.05. The van der Waals surface area contributed by atoms with E-state index in [4.69, 9.17) is 14.7 Å². The average Bonchev–Trinajstić information content (AvgIpc) is 3.19. The molecule has 0 saturated carbocycles. The van der Waals surface area contributed by atoms with Gasteiger partial charge >= 0.3 is 0 Å². The van der Waals surface area contributed by atoms with Gasteiger partial charge in [-0.1, -0.05) is 31.2 Å². The molecule has 2 aliphatic rings. The fraction of sp³-hybridized carbons (Fsp3) is 0.385. The zero-order valence-corrected chi connectivity index (χ0v) is 22.8. The highest BCUT2D eigenvalue weighted by molar-refractivity contribution is 7.16. The number of piperazine rings is 1. The number of hydrogen-bond donors (Lipinski definition) is 1. The third kappa shape index (κ3) is 5.92. The maximum absolute atomic E-state index is 5.40. The third-order valence-corrected chi connectivity index (χ3v) is 7.66. The molecule has 3 heterocycles. The number of likely N-dealkylation sites (N-methyl/N-ethyl adjacent to an activating group) is 1. The van der Waals surface area contributed by atoms with Crippen LogP contribution in [0, 0.1) is 0 Å². The standard InChI is InChI=1S/C26H31N5OS.2ClH/c1-4-23-29-24-25(27-21-10-5-6-11-22(21)28-26(24)33-23)31-15-14-30(2)19(17-31)13-12-18-8-7-9-20(16-18)32-3;;/h5-11,16,19,28H,4,12-15,17H2,1-3H3;2*1H. The normalized spacial score (nSPS) is 17.1. The van der Waals surface area contributed by atoms with Gasteiger partial charge in [0.25, 0.3) is 0 Å². The number of thiazole rings is 1. The van der Waals surface area contributed by atoms with Crippen molar-refractivity contribution in [1.82, 2.24) is 14.8 Å². The quantitative estimate of drug-likeness (QED) is 0.439. The number of methoxy groups -OCH3 is 1. The fourth-order valence-corrected chi connectivity index (χ4v) is 5.46. The van der Waals surface area contributed by atoms with Crippen LogP contribution < -0.4 is 10.1 Å². The predicted octanol–water partition coefficient (Wildman–Crippen LogP) is 5.94. The lowest BCUT2D eigenvalue weighted by atomic mass is 10.0. The van der Waals surface area contributed by atoms with E-state index in [-0.39, 0.29) is 24.8 Å². The molecule has 5 rings (SSSR count). The van der Waals surface area contributed by atoms with Crippen LogP contribution in [-0.2, 0) is 12.8 Å². The van der Waals surface area contributed by atoms with Crippen LogP contribution in [0.2, 0.25) is 0 Å². The van der Waals surface area contributed by atoms with Crippen LogP contribution >= 0.6 is 36.2 Å². The van der Waals surface area contributed by atoms with Crippen molar-refractivity contribution in [3.8, 4) is 5.75 Å². The first-order valence-corrected chi connectivity index (χ1v) is 12.5. The first-order chi connectivity index (χ1) is 16.1.